The third-order valence-corrected chi connectivity index (χ3v) is 4.19. The molecule has 2 aromatic carbocycles. The third-order valence-electron chi connectivity index (χ3n) is 4.19. The fraction of sp³-hybridized carbons (Fsp3) is 0.250. The lowest BCUT2D eigenvalue weighted by Crippen LogP contribution is -2.13. The van der Waals surface area contributed by atoms with E-state index >= 15 is 0 Å². The van der Waals surface area contributed by atoms with E-state index in [0.29, 0.717) is 28.4 Å². The van der Waals surface area contributed by atoms with Gasteiger partial charge in [-0.15, -0.1) is 5.10 Å². The largest absolute Gasteiger partial charge is 0.493 e. The fourth-order valence-electron chi connectivity index (χ4n) is 2.74. The van der Waals surface area contributed by atoms with Gasteiger partial charge in [-0.05, 0) is 37.6 Å². The van der Waals surface area contributed by atoms with Gasteiger partial charge in [0.1, 0.15) is 0 Å². The molecule has 1 amide bonds. The Kier molecular flexibility index (Phi) is 5.49. The quantitative estimate of drug-likeness (QED) is 0.694. The van der Waals surface area contributed by atoms with Crippen LogP contribution in [-0.4, -0.2) is 37.4 Å². The number of methoxy groups -OCH3 is 3. The standard InChI is InChI=1S/C20H21N3O5/c1-11-6-7-12(2)14(8-11)18(24)21-20-23-22-19(28-20)13-9-15(25-3)17(27-5)16(10-13)26-4/h6-10H,1-5H3,(H,21,23,24). The number of benzene rings is 2. The van der Waals surface area contributed by atoms with Crippen molar-refractivity contribution in [3.63, 3.8) is 0 Å². The molecule has 3 rings (SSSR count). The lowest BCUT2D eigenvalue weighted by atomic mass is 10.1. The summed E-state index contributed by atoms with van der Waals surface area (Å²) >= 11 is 0. The number of nitrogens with one attached hydrogen (secondary N) is 1. The second-order valence-corrected chi connectivity index (χ2v) is 6.10. The molecular formula is C20H21N3O5. The molecular weight excluding hydrogens is 362 g/mol. The van der Waals surface area contributed by atoms with Crippen LogP contribution < -0.4 is 19.5 Å². The van der Waals surface area contributed by atoms with Crippen molar-refractivity contribution in [1.82, 2.24) is 10.2 Å². The summed E-state index contributed by atoms with van der Waals surface area (Å²) in [5.41, 5.74) is 2.95. The van der Waals surface area contributed by atoms with Crippen LogP contribution in [0.4, 0.5) is 6.01 Å². The Labute approximate surface area is 162 Å². The minimum atomic E-state index is -0.318. The van der Waals surface area contributed by atoms with Crippen LogP contribution in [0.3, 0.4) is 0 Å². The molecule has 0 radical (unpaired) electrons. The van der Waals surface area contributed by atoms with Crippen molar-refractivity contribution in [3.05, 3.63) is 47.0 Å². The van der Waals surface area contributed by atoms with Gasteiger partial charge >= 0.3 is 6.01 Å². The summed E-state index contributed by atoms with van der Waals surface area (Å²) in [6.45, 7) is 3.79. The average Bonchev–Trinajstić information content (AvgIpc) is 3.16. The molecule has 0 spiro atoms. The van der Waals surface area contributed by atoms with Crippen molar-refractivity contribution in [3.8, 4) is 28.7 Å². The Morgan fingerprint density at radius 2 is 1.64 bits per heavy atom. The van der Waals surface area contributed by atoms with Gasteiger partial charge in [-0.2, -0.15) is 0 Å². The normalized spacial score (nSPS) is 10.5. The second-order valence-electron chi connectivity index (χ2n) is 6.10. The first kappa shape index (κ1) is 19.2. The summed E-state index contributed by atoms with van der Waals surface area (Å²) < 4.78 is 21.6. The zero-order chi connectivity index (χ0) is 20.3. The van der Waals surface area contributed by atoms with E-state index in [-0.39, 0.29) is 17.8 Å². The summed E-state index contributed by atoms with van der Waals surface area (Å²) in [5, 5.41) is 10.5. The predicted octanol–water partition coefficient (Wildman–Crippen LogP) is 3.63. The van der Waals surface area contributed by atoms with Gasteiger partial charge in [0.15, 0.2) is 11.5 Å². The molecule has 28 heavy (non-hydrogen) atoms. The number of carbonyl (C=O) groups is 1. The minimum Gasteiger partial charge on any atom is -0.493 e. The summed E-state index contributed by atoms with van der Waals surface area (Å²) in [6, 6.07) is 9.01. The molecule has 0 saturated carbocycles. The van der Waals surface area contributed by atoms with E-state index < -0.39 is 0 Å². The van der Waals surface area contributed by atoms with Crippen molar-refractivity contribution in [2.45, 2.75) is 13.8 Å². The van der Waals surface area contributed by atoms with E-state index in [4.69, 9.17) is 18.6 Å². The molecule has 0 bridgehead atoms. The Morgan fingerprint density at radius 1 is 0.964 bits per heavy atom. The molecule has 1 heterocycles. The number of carbonyl (C=O) groups excluding carboxylic acids is 1. The number of hydrogen-bond acceptors (Lipinski definition) is 7. The molecule has 8 heteroatoms. The molecule has 0 aliphatic heterocycles. The number of amides is 1. The van der Waals surface area contributed by atoms with E-state index in [0.717, 1.165) is 11.1 Å². The van der Waals surface area contributed by atoms with Crippen LogP contribution >= 0.6 is 0 Å². The van der Waals surface area contributed by atoms with E-state index in [2.05, 4.69) is 15.5 Å². The van der Waals surface area contributed by atoms with E-state index in [1.807, 2.05) is 26.0 Å². The lowest BCUT2D eigenvalue weighted by molar-refractivity contribution is 0.102. The molecule has 1 aromatic heterocycles. The molecule has 146 valence electrons. The summed E-state index contributed by atoms with van der Waals surface area (Å²) in [4.78, 5) is 12.5. The number of aromatic nitrogens is 2. The number of hydrogen-bond donors (Lipinski definition) is 1. The maximum atomic E-state index is 12.5. The molecule has 0 atom stereocenters. The van der Waals surface area contributed by atoms with Gasteiger partial charge in [-0.25, -0.2) is 0 Å². The Balaban J connectivity index is 1.88. The van der Waals surface area contributed by atoms with Crippen LogP contribution in [0.15, 0.2) is 34.7 Å². The maximum Gasteiger partial charge on any atom is 0.322 e. The summed E-state index contributed by atoms with van der Waals surface area (Å²) in [7, 11) is 4.56. The van der Waals surface area contributed by atoms with Gasteiger partial charge < -0.3 is 18.6 Å². The highest BCUT2D eigenvalue weighted by Crippen LogP contribution is 2.41. The smallest absolute Gasteiger partial charge is 0.322 e. The molecule has 3 aromatic rings. The van der Waals surface area contributed by atoms with Crippen molar-refractivity contribution in [1.29, 1.82) is 0 Å². The number of aryl methyl sites for hydroxylation is 2. The van der Waals surface area contributed by atoms with Gasteiger partial charge in [0.2, 0.25) is 11.6 Å². The Hall–Kier alpha value is -3.55. The topological polar surface area (TPSA) is 95.7 Å². The van der Waals surface area contributed by atoms with Gasteiger partial charge in [-0.1, -0.05) is 22.8 Å². The minimum absolute atomic E-state index is 0.00495. The number of rotatable bonds is 6. The highest BCUT2D eigenvalue weighted by molar-refractivity contribution is 6.04. The Bertz CT molecular complexity index is 988. The van der Waals surface area contributed by atoms with Crippen LogP contribution in [-0.2, 0) is 0 Å². The summed E-state index contributed by atoms with van der Waals surface area (Å²) in [5.74, 6) is 1.25. The molecule has 1 N–H and O–H groups in total. The Morgan fingerprint density at radius 3 is 2.25 bits per heavy atom. The molecule has 8 nitrogen and oxygen atoms in total. The van der Waals surface area contributed by atoms with Crippen LogP contribution in [0.25, 0.3) is 11.5 Å². The van der Waals surface area contributed by atoms with Gasteiger partial charge in [0, 0.05) is 11.1 Å². The number of ether oxygens (including phenoxy) is 3. The van der Waals surface area contributed by atoms with E-state index in [1.165, 1.54) is 21.3 Å². The van der Waals surface area contributed by atoms with Gasteiger partial charge in [-0.3, -0.25) is 10.1 Å². The molecule has 0 aliphatic carbocycles. The molecule has 0 aliphatic rings. The number of nitrogens with zero attached hydrogens (tertiary/aromatic N) is 2. The highest BCUT2D eigenvalue weighted by Gasteiger charge is 2.19. The monoisotopic (exact) mass is 383 g/mol. The van der Waals surface area contributed by atoms with Crippen LogP contribution in [0, 0.1) is 13.8 Å². The van der Waals surface area contributed by atoms with Crippen molar-refractivity contribution >= 4 is 11.9 Å². The van der Waals surface area contributed by atoms with Gasteiger partial charge in [0.25, 0.3) is 5.91 Å². The third kappa shape index (κ3) is 3.75. The molecule has 0 unspecified atom stereocenters. The zero-order valence-corrected chi connectivity index (χ0v) is 16.3. The zero-order valence-electron chi connectivity index (χ0n) is 16.3. The SMILES string of the molecule is COc1cc(-c2nnc(NC(=O)c3cc(C)ccc3C)o2)cc(OC)c1OC. The van der Waals surface area contributed by atoms with Crippen molar-refractivity contribution in [2.75, 3.05) is 26.6 Å². The van der Waals surface area contributed by atoms with Crippen LogP contribution in [0.2, 0.25) is 0 Å². The predicted molar refractivity (Wildman–Crippen MR) is 103 cm³/mol. The van der Waals surface area contributed by atoms with E-state index in [9.17, 15) is 4.79 Å². The van der Waals surface area contributed by atoms with Gasteiger partial charge in [0.05, 0.1) is 21.3 Å². The first-order valence-electron chi connectivity index (χ1n) is 8.49. The first-order chi connectivity index (χ1) is 13.5. The van der Waals surface area contributed by atoms with Crippen molar-refractivity contribution in [2.24, 2.45) is 0 Å². The summed E-state index contributed by atoms with van der Waals surface area (Å²) in [6.07, 6.45) is 0. The fourth-order valence-corrected chi connectivity index (χ4v) is 2.74. The second kappa shape index (κ2) is 7.99. The lowest BCUT2D eigenvalue weighted by Gasteiger charge is -2.12. The van der Waals surface area contributed by atoms with Crippen LogP contribution in [0.1, 0.15) is 21.5 Å². The molecule has 0 saturated heterocycles. The highest BCUT2D eigenvalue weighted by atomic mass is 16.5. The first-order valence-corrected chi connectivity index (χ1v) is 8.49. The molecule has 0 fully saturated rings. The average molecular weight is 383 g/mol. The van der Waals surface area contributed by atoms with Crippen LogP contribution in [0.5, 0.6) is 17.2 Å². The van der Waals surface area contributed by atoms with E-state index in [1.54, 1.807) is 18.2 Å². The number of anilines is 1. The maximum absolute atomic E-state index is 12.5. The van der Waals surface area contributed by atoms with Crippen molar-refractivity contribution < 1.29 is 23.4 Å².